The fourth-order valence-electron chi connectivity index (χ4n) is 3.57. The van der Waals surface area contributed by atoms with Crippen molar-refractivity contribution in [2.45, 2.75) is 41.4 Å². The third kappa shape index (κ3) is 5.48. The van der Waals surface area contributed by atoms with Crippen molar-refractivity contribution >= 4 is 33.2 Å². The molecule has 0 radical (unpaired) electrons. The fraction of sp³-hybridized carbons (Fsp3) is 0.259. The Balaban J connectivity index is 0.00000324. The molecule has 0 aliphatic carbocycles. The van der Waals surface area contributed by atoms with Gasteiger partial charge in [-0.05, 0) is 55.0 Å². The van der Waals surface area contributed by atoms with Gasteiger partial charge in [-0.3, -0.25) is 0 Å². The minimum Gasteiger partial charge on any atom is -0.489 e. The first-order valence-corrected chi connectivity index (χ1v) is 11.6. The van der Waals surface area contributed by atoms with E-state index in [9.17, 15) is 4.79 Å². The molecule has 2 aromatic carbocycles. The van der Waals surface area contributed by atoms with Crippen LogP contribution < -0.4 is 15.2 Å². The molecule has 2 aromatic heterocycles. The van der Waals surface area contributed by atoms with Gasteiger partial charge in [0.05, 0.1) is 16.9 Å². The van der Waals surface area contributed by atoms with Gasteiger partial charge in [0.2, 0.25) is 0 Å². The van der Waals surface area contributed by atoms with Crippen LogP contribution in [-0.4, -0.2) is 17.6 Å². The Hall–Kier alpha value is -3.58. The molecule has 4 aromatic rings. The molecule has 0 spiro atoms. The van der Waals surface area contributed by atoms with Crippen LogP contribution in [0.25, 0.3) is 10.1 Å². The zero-order valence-corrected chi connectivity index (χ0v) is 19.7. The standard InChI is InChI=1S/C26H26N2O4S.CH4/c1-4-30-26(29)22-12-28-25(27)23-19(15-33-24(22)23)14-32-21-10-16(2)9-20(11-21)31-13-18-8-6-5-7-17(18)3;/h5-12,15H,4,13-14H2,1-3H3,(H2,27,28);1H4. The van der Waals surface area contributed by atoms with Gasteiger partial charge in [-0.25, -0.2) is 9.78 Å². The number of hydrogen-bond acceptors (Lipinski definition) is 7. The van der Waals surface area contributed by atoms with E-state index in [1.165, 1.54) is 23.1 Å². The molecule has 4 rings (SSSR count). The van der Waals surface area contributed by atoms with Crippen LogP contribution in [-0.2, 0) is 18.0 Å². The maximum absolute atomic E-state index is 12.3. The summed E-state index contributed by atoms with van der Waals surface area (Å²) in [6.45, 7) is 6.92. The number of rotatable bonds is 8. The van der Waals surface area contributed by atoms with E-state index in [2.05, 4.69) is 24.0 Å². The van der Waals surface area contributed by atoms with Crippen LogP contribution in [0.2, 0.25) is 0 Å². The number of nitrogens with two attached hydrogens (primary N) is 1. The summed E-state index contributed by atoms with van der Waals surface area (Å²) in [4.78, 5) is 16.5. The second-order valence-electron chi connectivity index (χ2n) is 7.73. The van der Waals surface area contributed by atoms with Crippen LogP contribution >= 0.6 is 11.3 Å². The number of aromatic nitrogens is 1. The zero-order chi connectivity index (χ0) is 23.4. The van der Waals surface area contributed by atoms with Crippen molar-refractivity contribution in [3.05, 3.63) is 81.9 Å². The molecule has 178 valence electrons. The molecule has 0 saturated carbocycles. The summed E-state index contributed by atoms with van der Waals surface area (Å²) in [5, 5.41) is 2.67. The van der Waals surface area contributed by atoms with E-state index < -0.39 is 5.97 Å². The van der Waals surface area contributed by atoms with Crippen LogP contribution in [0.1, 0.15) is 47.0 Å². The first kappa shape index (κ1) is 25.1. The van der Waals surface area contributed by atoms with E-state index in [1.54, 1.807) is 6.92 Å². The van der Waals surface area contributed by atoms with Crippen molar-refractivity contribution in [1.82, 2.24) is 4.98 Å². The molecule has 0 aliphatic heterocycles. The van der Waals surface area contributed by atoms with Crippen molar-refractivity contribution in [2.24, 2.45) is 0 Å². The van der Waals surface area contributed by atoms with Crippen molar-refractivity contribution < 1.29 is 19.0 Å². The van der Waals surface area contributed by atoms with Gasteiger partial charge in [0.15, 0.2) is 0 Å². The molecule has 0 fully saturated rings. The molecule has 7 heteroatoms. The van der Waals surface area contributed by atoms with Crippen LogP contribution in [0.3, 0.4) is 0 Å². The molecule has 0 atom stereocenters. The maximum atomic E-state index is 12.3. The van der Waals surface area contributed by atoms with Crippen LogP contribution in [0.5, 0.6) is 11.5 Å². The molecule has 0 amide bonds. The normalized spacial score (nSPS) is 10.6. The van der Waals surface area contributed by atoms with Crippen molar-refractivity contribution in [1.29, 1.82) is 0 Å². The van der Waals surface area contributed by atoms with Gasteiger partial charge in [-0.2, -0.15) is 0 Å². The smallest absolute Gasteiger partial charge is 0.341 e. The second kappa shape index (κ2) is 11.0. The molecule has 0 saturated heterocycles. The molecule has 34 heavy (non-hydrogen) atoms. The maximum Gasteiger partial charge on any atom is 0.341 e. The fourth-order valence-corrected chi connectivity index (χ4v) is 4.63. The molecule has 0 aliphatic rings. The molecular weight excluding hydrogens is 448 g/mol. The summed E-state index contributed by atoms with van der Waals surface area (Å²) in [7, 11) is 0. The lowest BCUT2D eigenvalue weighted by atomic mass is 10.1. The number of pyridine rings is 1. The number of benzene rings is 2. The van der Waals surface area contributed by atoms with Gasteiger partial charge in [-0.1, -0.05) is 31.7 Å². The summed E-state index contributed by atoms with van der Waals surface area (Å²) in [6, 6.07) is 14.0. The number of nitrogen functional groups attached to an aromatic ring is 1. The predicted molar refractivity (Wildman–Crippen MR) is 138 cm³/mol. The third-order valence-electron chi connectivity index (χ3n) is 5.27. The SMILES string of the molecule is C.CCOC(=O)c1cnc(N)c2c(COc3cc(C)cc(OCc4ccccc4C)c3)csc12. The summed E-state index contributed by atoms with van der Waals surface area (Å²) in [5.74, 6) is 1.40. The summed E-state index contributed by atoms with van der Waals surface area (Å²) >= 11 is 1.43. The minimum atomic E-state index is -0.404. The van der Waals surface area contributed by atoms with E-state index in [0.29, 0.717) is 37.0 Å². The first-order chi connectivity index (χ1) is 16.0. The average molecular weight is 479 g/mol. The highest BCUT2D eigenvalue weighted by Crippen LogP contribution is 2.34. The lowest BCUT2D eigenvalue weighted by Gasteiger charge is -2.12. The molecular formula is C27H30N2O4S. The zero-order valence-electron chi connectivity index (χ0n) is 18.9. The Labute approximate surface area is 204 Å². The second-order valence-corrected chi connectivity index (χ2v) is 8.61. The number of fused-ring (bicyclic) bond motifs is 1. The Morgan fingerprint density at radius 1 is 1.03 bits per heavy atom. The van der Waals surface area contributed by atoms with Gasteiger partial charge in [0, 0.05) is 23.2 Å². The van der Waals surface area contributed by atoms with Crippen LogP contribution in [0.15, 0.2) is 54.0 Å². The van der Waals surface area contributed by atoms with Gasteiger partial charge >= 0.3 is 5.97 Å². The van der Waals surface area contributed by atoms with E-state index in [1.807, 2.05) is 42.6 Å². The Bertz CT molecular complexity index is 1300. The number of hydrogen-bond donors (Lipinski definition) is 1. The first-order valence-electron chi connectivity index (χ1n) is 10.7. The van der Waals surface area contributed by atoms with Gasteiger partial charge in [0.25, 0.3) is 0 Å². The largest absolute Gasteiger partial charge is 0.489 e. The molecule has 0 bridgehead atoms. The minimum absolute atomic E-state index is 0. The molecule has 0 unspecified atom stereocenters. The van der Waals surface area contributed by atoms with Gasteiger partial charge in [0.1, 0.15) is 30.5 Å². The highest BCUT2D eigenvalue weighted by molar-refractivity contribution is 7.17. The van der Waals surface area contributed by atoms with E-state index in [-0.39, 0.29) is 7.43 Å². The van der Waals surface area contributed by atoms with Crippen LogP contribution in [0.4, 0.5) is 5.82 Å². The summed E-state index contributed by atoms with van der Waals surface area (Å²) < 4.78 is 18.0. The molecule has 6 nitrogen and oxygen atoms in total. The van der Waals surface area contributed by atoms with E-state index in [0.717, 1.165) is 32.5 Å². The molecule has 2 N–H and O–H groups in total. The predicted octanol–water partition coefficient (Wildman–Crippen LogP) is 6.47. The summed E-state index contributed by atoms with van der Waals surface area (Å²) in [6.07, 6.45) is 1.47. The number of aryl methyl sites for hydroxylation is 2. The van der Waals surface area contributed by atoms with Gasteiger partial charge in [-0.15, -0.1) is 11.3 Å². The lowest BCUT2D eigenvalue weighted by Crippen LogP contribution is -2.06. The number of thiophene rings is 1. The van der Waals surface area contributed by atoms with E-state index in [4.69, 9.17) is 19.9 Å². The Morgan fingerprint density at radius 3 is 2.38 bits per heavy atom. The Kier molecular flexibility index (Phi) is 8.12. The van der Waals surface area contributed by atoms with Crippen molar-refractivity contribution in [3.63, 3.8) is 0 Å². The van der Waals surface area contributed by atoms with Crippen molar-refractivity contribution in [2.75, 3.05) is 12.3 Å². The quantitative estimate of drug-likeness (QED) is 0.292. The number of carbonyl (C=O) groups excluding carboxylic acids is 1. The average Bonchev–Trinajstić information content (AvgIpc) is 3.22. The number of esters is 1. The lowest BCUT2D eigenvalue weighted by molar-refractivity contribution is 0.0528. The third-order valence-corrected chi connectivity index (χ3v) is 6.33. The number of nitrogens with zero attached hydrogens (tertiary/aromatic N) is 1. The number of ether oxygens (including phenoxy) is 3. The van der Waals surface area contributed by atoms with Gasteiger partial charge < -0.3 is 19.9 Å². The van der Waals surface area contributed by atoms with E-state index >= 15 is 0 Å². The number of anilines is 1. The molecule has 2 heterocycles. The Morgan fingerprint density at radius 2 is 1.71 bits per heavy atom. The number of carbonyl (C=O) groups is 1. The summed E-state index contributed by atoms with van der Waals surface area (Å²) in [5.41, 5.74) is 10.8. The monoisotopic (exact) mass is 478 g/mol. The highest BCUT2D eigenvalue weighted by atomic mass is 32.1. The van der Waals surface area contributed by atoms with Crippen molar-refractivity contribution in [3.8, 4) is 11.5 Å². The van der Waals surface area contributed by atoms with Crippen LogP contribution in [0, 0.1) is 13.8 Å². The topological polar surface area (TPSA) is 83.7 Å². The highest BCUT2D eigenvalue weighted by Gasteiger charge is 2.18.